The van der Waals surface area contributed by atoms with Crippen LogP contribution in [0, 0.1) is 17.8 Å². The van der Waals surface area contributed by atoms with Crippen molar-refractivity contribution in [3.63, 3.8) is 0 Å². The van der Waals surface area contributed by atoms with Crippen molar-refractivity contribution in [2.45, 2.75) is 6.92 Å². The summed E-state index contributed by atoms with van der Waals surface area (Å²) in [5.41, 5.74) is 0.127. The predicted octanol–water partition coefficient (Wildman–Crippen LogP) is -0.638. The van der Waals surface area contributed by atoms with Crippen molar-refractivity contribution in [3.05, 3.63) is 0 Å². The Morgan fingerprint density at radius 2 is 2.36 bits per heavy atom. The summed E-state index contributed by atoms with van der Waals surface area (Å²) < 4.78 is 5.08. The molecule has 1 rings (SSSR count). The van der Waals surface area contributed by atoms with Gasteiger partial charge < -0.3 is 10.1 Å². The normalized spacial score (nSPS) is 18.0. The average Bonchev–Trinajstić information content (AvgIpc) is 2.12. The molecule has 2 N–H and O–H groups in total. The minimum Gasteiger partial charge on any atom is -0.380 e. The fourth-order valence-electron chi connectivity index (χ4n) is 1.18. The maximum absolute atomic E-state index is 11.2. The fraction of sp³-hybridized carbons (Fsp3) is 0.700. The standard InChI is InChI=1S/C10H16N2O2/c1-3-4-11-5-9(13)12-6-10(2)7-14-8-10/h1,11H,4-8H2,2H3,(H,12,13). The number of hydrogen-bond donors (Lipinski definition) is 2. The quantitative estimate of drug-likeness (QED) is 0.454. The molecule has 0 aromatic rings. The van der Waals surface area contributed by atoms with Gasteiger partial charge in [0.15, 0.2) is 0 Å². The third kappa shape index (κ3) is 3.36. The Bertz CT molecular complexity index is 241. The minimum absolute atomic E-state index is 0.0200. The molecule has 0 atom stereocenters. The van der Waals surface area contributed by atoms with E-state index in [1.165, 1.54) is 0 Å². The molecular formula is C10H16N2O2. The van der Waals surface area contributed by atoms with Gasteiger partial charge in [-0.3, -0.25) is 10.1 Å². The smallest absolute Gasteiger partial charge is 0.234 e. The Balaban J connectivity index is 2.06. The molecule has 0 bridgehead atoms. The van der Waals surface area contributed by atoms with Gasteiger partial charge in [0, 0.05) is 12.0 Å². The Morgan fingerprint density at radius 3 is 2.86 bits per heavy atom. The van der Waals surface area contributed by atoms with E-state index >= 15 is 0 Å². The third-order valence-corrected chi connectivity index (χ3v) is 2.13. The number of rotatable bonds is 5. The molecule has 1 amide bonds. The van der Waals surface area contributed by atoms with Crippen LogP contribution in [0.3, 0.4) is 0 Å². The van der Waals surface area contributed by atoms with Gasteiger partial charge in [-0.1, -0.05) is 12.8 Å². The molecule has 0 aromatic heterocycles. The van der Waals surface area contributed by atoms with Crippen LogP contribution in [0.1, 0.15) is 6.92 Å². The van der Waals surface area contributed by atoms with Crippen LogP contribution in [0.25, 0.3) is 0 Å². The molecule has 4 nitrogen and oxygen atoms in total. The Labute approximate surface area is 84.4 Å². The summed E-state index contributed by atoms with van der Waals surface area (Å²) in [6, 6.07) is 0. The molecule has 14 heavy (non-hydrogen) atoms. The molecule has 1 heterocycles. The molecular weight excluding hydrogens is 180 g/mol. The maximum atomic E-state index is 11.2. The lowest BCUT2D eigenvalue weighted by atomic mass is 9.89. The Morgan fingerprint density at radius 1 is 1.64 bits per heavy atom. The lowest BCUT2D eigenvalue weighted by Gasteiger charge is -2.38. The van der Waals surface area contributed by atoms with Crippen molar-refractivity contribution in [3.8, 4) is 12.3 Å². The van der Waals surface area contributed by atoms with E-state index in [1.54, 1.807) is 0 Å². The van der Waals surface area contributed by atoms with Gasteiger partial charge in [0.25, 0.3) is 0 Å². The van der Waals surface area contributed by atoms with Crippen molar-refractivity contribution in [2.24, 2.45) is 5.41 Å². The highest BCUT2D eigenvalue weighted by Crippen LogP contribution is 2.24. The first-order chi connectivity index (χ1) is 6.66. The summed E-state index contributed by atoms with van der Waals surface area (Å²) in [5, 5.41) is 5.66. The van der Waals surface area contributed by atoms with Crippen LogP contribution >= 0.6 is 0 Å². The SMILES string of the molecule is C#CCNCC(=O)NCC1(C)COC1. The molecule has 1 aliphatic rings. The van der Waals surface area contributed by atoms with Crippen molar-refractivity contribution in [2.75, 3.05) is 32.8 Å². The van der Waals surface area contributed by atoms with Crippen LogP contribution in [0.4, 0.5) is 0 Å². The summed E-state index contributed by atoms with van der Waals surface area (Å²) in [4.78, 5) is 11.2. The second-order valence-corrected chi connectivity index (χ2v) is 3.89. The molecule has 4 heteroatoms. The lowest BCUT2D eigenvalue weighted by molar-refractivity contribution is -0.126. The van der Waals surface area contributed by atoms with Crippen molar-refractivity contribution in [1.29, 1.82) is 0 Å². The zero-order valence-corrected chi connectivity index (χ0v) is 8.43. The van der Waals surface area contributed by atoms with Gasteiger partial charge in [-0.25, -0.2) is 0 Å². The molecule has 1 aliphatic heterocycles. The van der Waals surface area contributed by atoms with Crippen LogP contribution in [-0.2, 0) is 9.53 Å². The van der Waals surface area contributed by atoms with Crippen LogP contribution in [-0.4, -0.2) is 38.8 Å². The summed E-state index contributed by atoms with van der Waals surface area (Å²) in [6.07, 6.45) is 5.03. The van der Waals surface area contributed by atoms with Crippen LogP contribution in [0.5, 0.6) is 0 Å². The Hall–Kier alpha value is -1.05. The number of carbonyl (C=O) groups is 1. The lowest BCUT2D eigenvalue weighted by Crippen LogP contribution is -2.49. The second kappa shape index (κ2) is 4.99. The third-order valence-electron chi connectivity index (χ3n) is 2.13. The van der Waals surface area contributed by atoms with E-state index in [0.717, 1.165) is 13.2 Å². The monoisotopic (exact) mass is 196 g/mol. The molecule has 1 saturated heterocycles. The van der Waals surface area contributed by atoms with Crippen molar-refractivity contribution in [1.82, 2.24) is 10.6 Å². The van der Waals surface area contributed by atoms with E-state index in [-0.39, 0.29) is 17.9 Å². The highest BCUT2D eigenvalue weighted by molar-refractivity contribution is 5.78. The first-order valence-corrected chi connectivity index (χ1v) is 4.65. The summed E-state index contributed by atoms with van der Waals surface area (Å²) in [5.74, 6) is 2.39. The van der Waals surface area contributed by atoms with E-state index in [9.17, 15) is 4.79 Å². The zero-order valence-electron chi connectivity index (χ0n) is 8.43. The van der Waals surface area contributed by atoms with Gasteiger partial charge in [0.2, 0.25) is 5.91 Å². The number of nitrogens with one attached hydrogen (secondary N) is 2. The minimum atomic E-state index is -0.0200. The van der Waals surface area contributed by atoms with E-state index in [0.29, 0.717) is 13.1 Å². The molecule has 78 valence electrons. The molecule has 0 spiro atoms. The van der Waals surface area contributed by atoms with Crippen LogP contribution < -0.4 is 10.6 Å². The van der Waals surface area contributed by atoms with E-state index in [4.69, 9.17) is 11.2 Å². The van der Waals surface area contributed by atoms with E-state index < -0.39 is 0 Å². The van der Waals surface area contributed by atoms with Gasteiger partial charge >= 0.3 is 0 Å². The van der Waals surface area contributed by atoms with Crippen molar-refractivity contribution < 1.29 is 9.53 Å². The molecule has 1 fully saturated rings. The average molecular weight is 196 g/mol. The van der Waals surface area contributed by atoms with Crippen molar-refractivity contribution >= 4 is 5.91 Å². The van der Waals surface area contributed by atoms with Gasteiger partial charge in [-0.2, -0.15) is 0 Å². The van der Waals surface area contributed by atoms with Gasteiger partial charge in [0.1, 0.15) is 0 Å². The zero-order chi connectivity index (χ0) is 10.4. The topological polar surface area (TPSA) is 50.4 Å². The van der Waals surface area contributed by atoms with E-state index in [1.807, 2.05) is 0 Å². The first-order valence-electron chi connectivity index (χ1n) is 4.65. The number of ether oxygens (including phenoxy) is 1. The van der Waals surface area contributed by atoms with Gasteiger partial charge in [-0.05, 0) is 0 Å². The molecule has 0 unspecified atom stereocenters. The highest BCUT2D eigenvalue weighted by atomic mass is 16.5. The largest absolute Gasteiger partial charge is 0.380 e. The van der Waals surface area contributed by atoms with Gasteiger partial charge in [0.05, 0.1) is 26.3 Å². The number of amides is 1. The van der Waals surface area contributed by atoms with Crippen LogP contribution in [0.2, 0.25) is 0 Å². The predicted molar refractivity (Wildman–Crippen MR) is 53.6 cm³/mol. The Kier molecular flexibility index (Phi) is 3.93. The second-order valence-electron chi connectivity index (χ2n) is 3.89. The van der Waals surface area contributed by atoms with Gasteiger partial charge in [-0.15, -0.1) is 6.42 Å². The first kappa shape index (κ1) is 11.0. The molecule has 0 radical (unpaired) electrons. The maximum Gasteiger partial charge on any atom is 0.234 e. The summed E-state index contributed by atoms with van der Waals surface area (Å²) >= 11 is 0. The number of hydrogen-bond acceptors (Lipinski definition) is 3. The van der Waals surface area contributed by atoms with E-state index in [2.05, 4.69) is 23.5 Å². The van der Waals surface area contributed by atoms with Crippen LogP contribution in [0.15, 0.2) is 0 Å². The highest BCUT2D eigenvalue weighted by Gasteiger charge is 2.33. The molecule has 0 aromatic carbocycles. The number of terminal acetylenes is 1. The number of carbonyl (C=O) groups excluding carboxylic acids is 1. The fourth-order valence-corrected chi connectivity index (χ4v) is 1.18. The molecule has 0 aliphatic carbocycles. The summed E-state index contributed by atoms with van der Waals surface area (Å²) in [6.45, 7) is 4.92. The summed E-state index contributed by atoms with van der Waals surface area (Å²) in [7, 11) is 0. The molecule has 0 saturated carbocycles.